The molecule has 0 spiro atoms. The molecule has 0 aromatic carbocycles. The molecule has 1 aromatic heterocycles. The second-order valence-electron chi connectivity index (χ2n) is 4.81. The third-order valence-corrected chi connectivity index (χ3v) is 3.05. The molecule has 0 aliphatic carbocycles. The third kappa shape index (κ3) is 4.96. The number of Topliss-reactive ketones (excluding diaryl/α,β-unsaturated/α-hetero) is 1. The van der Waals surface area contributed by atoms with E-state index in [9.17, 15) is 9.90 Å². The monoisotopic (exact) mass is 280 g/mol. The summed E-state index contributed by atoms with van der Waals surface area (Å²) in [5.41, 5.74) is 5.75. The number of aliphatic hydroxyl groups excluding tert-OH is 1. The van der Waals surface area contributed by atoms with Crippen LogP contribution in [0.3, 0.4) is 0 Å². The molecule has 6 nitrogen and oxygen atoms in total. The van der Waals surface area contributed by atoms with Gasteiger partial charge in [0.1, 0.15) is 11.5 Å². The fraction of sp³-hybridized carbons (Fsp3) is 0.643. The van der Waals surface area contributed by atoms with E-state index in [1.165, 1.54) is 6.20 Å². The summed E-state index contributed by atoms with van der Waals surface area (Å²) in [7, 11) is 0. The average molecular weight is 280 g/mol. The Hall–Kier alpha value is -1.37. The summed E-state index contributed by atoms with van der Waals surface area (Å²) in [4.78, 5) is 20.4. The van der Waals surface area contributed by atoms with Crippen LogP contribution in [0.25, 0.3) is 0 Å². The molecule has 0 bridgehead atoms. The standard InChI is InChI=1S/C14H24N4O2/c1-3-4-5-7-17-13(10(2)19)14(20)11-6-8-16-12(9-15)18-11/h6,8,10,13,17,19H,3-5,7,9,15H2,1-2H3. The van der Waals surface area contributed by atoms with Gasteiger partial charge in [0.2, 0.25) is 5.78 Å². The lowest BCUT2D eigenvalue weighted by Crippen LogP contribution is -2.45. The molecule has 2 unspecified atom stereocenters. The molecule has 1 aromatic rings. The van der Waals surface area contributed by atoms with E-state index >= 15 is 0 Å². The zero-order valence-corrected chi connectivity index (χ0v) is 12.2. The van der Waals surface area contributed by atoms with Gasteiger partial charge >= 0.3 is 0 Å². The molecule has 4 N–H and O–H groups in total. The molecule has 0 saturated carbocycles. The fourth-order valence-electron chi connectivity index (χ4n) is 1.91. The number of hydrogen-bond donors (Lipinski definition) is 3. The van der Waals surface area contributed by atoms with Gasteiger partial charge in [-0.3, -0.25) is 4.79 Å². The van der Waals surface area contributed by atoms with E-state index in [1.54, 1.807) is 13.0 Å². The van der Waals surface area contributed by atoms with Crippen LogP contribution in [0.15, 0.2) is 12.3 Å². The Morgan fingerprint density at radius 3 is 2.85 bits per heavy atom. The van der Waals surface area contributed by atoms with Crippen LogP contribution in [0, 0.1) is 0 Å². The molecule has 0 saturated heterocycles. The van der Waals surface area contributed by atoms with Crippen molar-refractivity contribution < 1.29 is 9.90 Å². The number of hydrogen-bond acceptors (Lipinski definition) is 6. The molecule has 1 heterocycles. The van der Waals surface area contributed by atoms with Crippen molar-refractivity contribution in [2.24, 2.45) is 5.73 Å². The van der Waals surface area contributed by atoms with Crippen LogP contribution in [0.2, 0.25) is 0 Å². The zero-order chi connectivity index (χ0) is 15.0. The van der Waals surface area contributed by atoms with Gasteiger partial charge < -0.3 is 16.2 Å². The Morgan fingerprint density at radius 1 is 1.50 bits per heavy atom. The van der Waals surface area contributed by atoms with E-state index < -0.39 is 12.1 Å². The second kappa shape index (κ2) is 8.73. The van der Waals surface area contributed by atoms with Crippen LogP contribution >= 0.6 is 0 Å². The molecule has 0 aliphatic heterocycles. The van der Waals surface area contributed by atoms with Crippen LogP contribution in [-0.4, -0.2) is 39.5 Å². The van der Waals surface area contributed by atoms with Crippen molar-refractivity contribution in [2.75, 3.05) is 6.54 Å². The van der Waals surface area contributed by atoms with Gasteiger partial charge in [-0.05, 0) is 26.0 Å². The predicted octanol–water partition coefficient (Wildman–Crippen LogP) is 0.647. The Balaban J connectivity index is 2.72. The van der Waals surface area contributed by atoms with E-state index in [-0.39, 0.29) is 18.0 Å². The SMILES string of the molecule is CCCCCNC(C(=O)c1ccnc(CN)n1)C(C)O. The molecular weight excluding hydrogens is 256 g/mol. The van der Waals surface area contributed by atoms with Crippen LogP contribution in [0.1, 0.15) is 49.4 Å². The second-order valence-corrected chi connectivity index (χ2v) is 4.81. The summed E-state index contributed by atoms with van der Waals surface area (Å²) in [6.45, 7) is 4.60. The first-order chi connectivity index (χ1) is 9.60. The third-order valence-electron chi connectivity index (χ3n) is 3.05. The van der Waals surface area contributed by atoms with Crippen LogP contribution in [0.5, 0.6) is 0 Å². The van der Waals surface area contributed by atoms with Crippen LogP contribution < -0.4 is 11.1 Å². The molecule has 1 rings (SSSR count). The first-order valence-electron chi connectivity index (χ1n) is 7.07. The van der Waals surface area contributed by atoms with E-state index in [2.05, 4.69) is 22.2 Å². The molecule has 2 atom stereocenters. The normalized spacial score (nSPS) is 14.0. The fourth-order valence-corrected chi connectivity index (χ4v) is 1.91. The topological polar surface area (TPSA) is 101 Å². The number of carbonyl (C=O) groups excluding carboxylic acids is 1. The lowest BCUT2D eigenvalue weighted by molar-refractivity contribution is 0.0792. The summed E-state index contributed by atoms with van der Waals surface area (Å²) < 4.78 is 0. The van der Waals surface area contributed by atoms with Crippen molar-refractivity contribution in [1.82, 2.24) is 15.3 Å². The summed E-state index contributed by atoms with van der Waals surface area (Å²) in [5.74, 6) is 0.194. The number of carbonyl (C=O) groups is 1. The van der Waals surface area contributed by atoms with Crippen molar-refractivity contribution in [2.45, 2.75) is 51.8 Å². The van der Waals surface area contributed by atoms with E-state index in [0.717, 1.165) is 19.3 Å². The van der Waals surface area contributed by atoms with Gasteiger partial charge in [-0.15, -0.1) is 0 Å². The smallest absolute Gasteiger partial charge is 0.200 e. The molecule has 0 radical (unpaired) electrons. The first kappa shape index (κ1) is 16.7. The number of ketones is 1. The van der Waals surface area contributed by atoms with Crippen LogP contribution in [0.4, 0.5) is 0 Å². The van der Waals surface area contributed by atoms with Crippen molar-refractivity contribution in [3.05, 3.63) is 23.8 Å². The average Bonchev–Trinajstić information content (AvgIpc) is 2.46. The zero-order valence-electron chi connectivity index (χ0n) is 12.2. The number of aliphatic hydroxyl groups is 1. The molecule has 0 aliphatic rings. The molecule has 0 fully saturated rings. The van der Waals surface area contributed by atoms with Gasteiger partial charge in [0, 0.05) is 6.20 Å². The van der Waals surface area contributed by atoms with Crippen molar-refractivity contribution >= 4 is 5.78 Å². The highest BCUT2D eigenvalue weighted by atomic mass is 16.3. The Bertz CT molecular complexity index is 423. The van der Waals surface area contributed by atoms with Crippen molar-refractivity contribution in [1.29, 1.82) is 0 Å². The number of nitrogens with two attached hydrogens (primary N) is 1. The molecule has 20 heavy (non-hydrogen) atoms. The molecule has 112 valence electrons. The summed E-state index contributed by atoms with van der Waals surface area (Å²) in [6.07, 6.45) is 3.92. The van der Waals surface area contributed by atoms with Gasteiger partial charge in [0.25, 0.3) is 0 Å². The maximum Gasteiger partial charge on any atom is 0.200 e. The minimum atomic E-state index is -0.777. The highest BCUT2D eigenvalue weighted by Gasteiger charge is 2.25. The van der Waals surface area contributed by atoms with E-state index in [0.29, 0.717) is 12.4 Å². The number of rotatable bonds is 9. The van der Waals surface area contributed by atoms with Gasteiger partial charge in [0.05, 0.1) is 18.7 Å². The molecule has 6 heteroatoms. The number of nitrogens with zero attached hydrogens (tertiary/aromatic N) is 2. The molecule has 0 amide bonds. The minimum absolute atomic E-state index is 0.185. The number of unbranched alkanes of at least 4 members (excludes halogenated alkanes) is 2. The maximum absolute atomic E-state index is 12.4. The summed E-state index contributed by atoms with van der Waals surface area (Å²) in [6, 6.07) is 0.900. The van der Waals surface area contributed by atoms with Gasteiger partial charge in [-0.2, -0.15) is 0 Å². The number of nitrogens with one attached hydrogen (secondary N) is 1. The van der Waals surface area contributed by atoms with Crippen molar-refractivity contribution in [3.8, 4) is 0 Å². The van der Waals surface area contributed by atoms with E-state index in [4.69, 9.17) is 5.73 Å². The highest BCUT2D eigenvalue weighted by molar-refractivity contribution is 5.98. The van der Waals surface area contributed by atoms with Gasteiger partial charge in [-0.1, -0.05) is 19.8 Å². The Labute approximate surface area is 119 Å². The highest BCUT2D eigenvalue weighted by Crippen LogP contribution is 2.05. The van der Waals surface area contributed by atoms with Gasteiger partial charge in [0.15, 0.2) is 0 Å². The predicted molar refractivity (Wildman–Crippen MR) is 77.3 cm³/mol. The van der Waals surface area contributed by atoms with Crippen LogP contribution in [-0.2, 0) is 6.54 Å². The first-order valence-corrected chi connectivity index (χ1v) is 7.07. The minimum Gasteiger partial charge on any atom is -0.391 e. The summed E-state index contributed by atoms with van der Waals surface area (Å²) in [5, 5.41) is 12.9. The maximum atomic E-state index is 12.4. The van der Waals surface area contributed by atoms with E-state index in [1.807, 2.05) is 0 Å². The quantitative estimate of drug-likeness (QED) is 0.453. The Morgan fingerprint density at radius 2 is 2.25 bits per heavy atom. The number of aromatic nitrogens is 2. The summed E-state index contributed by atoms with van der Waals surface area (Å²) >= 11 is 0. The van der Waals surface area contributed by atoms with Crippen molar-refractivity contribution in [3.63, 3.8) is 0 Å². The lowest BCUT2D eigenvalue weighted by atomic mass is 10.0. The molecular formula is C14H24N4O2. The Kier molecular flexibility index (Phi) is 7.28. The largest absolute Gasteiger partial charge is 0.391 e. The van der Waals surface area contributed by atoms with Gasteiger partial charge in [-0.25, -0.2) is 9.97 Å². The lowest BCUT2D eigenvalue weighted by Gasteiger charge is -2.20.